The lowest BCUT2D eigenvalue weighted by Crippen LogP contribution is -2.17. The van der Waals surface area contributed by atoms with Crippen molar-refractivity contribution in [3.8, 4) is 0 Å². The van der Waals surface area contributed by atoms with Crippen LogP contribution in [0.5, 0.6) is 0 Å². The molecule has 0 radical (unpaired) electrons. The fourth-order valence-electron chi connectivity index (χ4n) is 0.411. The van der Waals surface area contributed by atoms with Gasteiger partial charge in [0.25, 0.3) is 10.1 Å². The number of hydrogen-bond acceptors (Lipinski definition) is 4. The van der Waals surface area contributed by atoms with Crippen molar-refractivity contribution in [2.45, 2.75) is 19.4 Å². The molecule has 10 heavy (non-hydrogen) atoms. The highest BCUT2D eigenvalue weighted by Crippen LogP contribution is 1.98. The Balaban J connectivity index is 4.00. The molecular formula is C5H10O4S. The van der Waals surface area contributed by atoms with Crippen LogP contribution < -0.4 is 0 Å². The van der Waals surface area contributed by atoms with Crippen molar-refractivity contribution in [3.63, 3.8) is 0 Å². The van der Waals surface area contributed by atoms with E-state index in [0.717, 1.165) is 6.26 Å². The molecule has 0 heterocycles. The third-order valence-electron chi connectivity index (χ3n) is 0.853. The van der Waals surface area contributed by atoms with Crippen LogP contribution in [0.4, 0.5) is 0 Å². The van der Waals surface area contributed by atoms with Gasteiger partial charge in [0, 0.05) is 0 Å². The third kappa shape index (κ3) is 4.46. The van der Waals surface area contributed by atoms with E-state index in [2.05, 4.69) is 4.18 Å². The number of hydrogen-bond donors (Lipinski definition) is 0. The van der Waals surface area contributed by atoms with Crippen LogP contribution in [-0.2, 0) is 19.1 Å². The predicted octanol–water partition coefficient (Wildman–Crippen LogP) is -0.0599. The van der Waals surface area contributed by atoms with E-state index in [1.807, 2.05) is 0 Å². The van der Waals surface area contributed by atoms with Crippen LogP contribution in [-0.4, -0.2) is 27.1 Å². The molecule has 0 aromatic carbocycles. The van der Waals surface area contributed by atoms with Gasteiger partial charge < -0.3 is 4.79 Å². The van der Waals surface area contributed by atoms with Crippen molar-refractivity contribution in [1.29, 1.82) is 0 Å². The smallest absolute Gasteiger partial charge is 0.265 e. The Morgan fingerprint density at radius 3 is 2.20 bits per heavy atom. The molecule has 0 aliphatic heterocycles. The van der Waals surface area contributed by atoms with Crippen LogP contribution in [0.15, 0.2) is 0 Å². The lowest BCUT2D eigenvalue weighted by molar-refractivity contribution is -0.113. The van der Waals surface area contributed by atoms with Gasteiger partial charge in [-0.1, -0.05) is 6.92 Å². The minimum absolute atomic E-state index is 0.372. The first-order valence-corrected chi connectivity index (χ1v) is 4.64. The summed E-state index contributed by atoms with van der Waals surface area (Å²) in [6, 6.07) is 0. The van der Waals surface area contributed by atoms with Gasteiger partial charge in [0.15, 0.2) is 0 Å². The van der Waals surface area contributed by atoms with Gasteiger partial charge >= 0.3 is 0 Å². The summed E-state index contributed by atoms with van der Waals surface area (Å²) >= 11 is 0. The molecule has 0 aromatic rings. The Morgan fingerprint density at radius 2 is 2.10 bits per heavy atom. The fourth-order valence-corrected chi connectivity index (χ4v) is 1.04. The van der Waals surface area contributed by atoms with E-state index in [1.165, 1.54) is 0 Å². The number of rotatable bonds is 4. The first-order chi connectivity index (χ1) is 4.49. The zero-order valence-corrected chi connectivity index (χ0v) is 6.72. The average Bonchev–Trinajstić information content (AvgIpc) is 1.81. The number of carbonyl (C=O) groups excluding carboxylic acids is 1. The summed E-state index contributed by atoms with van der Waals surface area (Å²) in [4.78, 5) is 10.0. The van der Waals surface area contributed by atoms with Crippen molar-refractivity contribution in [3.05, 3.63) is 0 Å². The maximum atomic E-state index is 10.4. The van der Waals surface area contributed by atoms with Gasteiger partial charge in [0.2, 0.25) is 0 Å². The monoisotopic (exact) mass is 166 g/mol. The minimum atomic E-state index is -3.48. The Hall–Kier alpha value is -0.420. The Morgan fingerprint density at radius 1 is 1.60 bits per heavy atom. The first kappa shape index (κ1) is 9.58. The molecule has 5 heteroatoms. The van der Waals surface area contributed by atoms with Gasteiger partial charge in [-0.3, -0.25) is 4.18 Å². The molecule has 0 fully saturated rings. The predicted molar refractivity (Wildman–Crippen MR) is 36.1 cm³/mol. The Bertz CT molecular complexity index is 194. The summed E-state index contributed by atoms with van der Waals surface area (Å²) < 4.78 is 25.1. The Kier molecular flexibility index (Phi) is 3.52. The van der Waals surface area contributed by atoms with Crippen LogP contribution >= 0.6 is 0 Å². The molecule has 4 nitrogen and oxygen atoms in total. The van der Waals surface area contributed by atoms with Crippen LogP contribution in [0, 0.1) is 0 Å². The van der Waals surface area contributed by atoms with E-state index < -0.39 is 16.2 Å². The summed E-state index contributed by atoms with van der Waals surface area (Å²) in [5.74, 6) is 0. The maximum Gasteiger partial charge on any atom is 0.265 e. The van der Waals surface area contributed by atoms with E-state index in [-0.39, 0.29) is 0 Å². The van der Waals surface area contributed by atoms with Crippen LogP contribution in [0.2, 0.25) is 0 Å². The van der Waals surface area contributed by atoms with Crippen molar-refractivity contribution < 1.29 is 17.4 Å². The third-order valence-corrected chi connectivity index (χ3v) is 1.45. The number of aldehydes is 1. The second-order valence-corrected chi connectivity index (χ2v) is 3.48. The molecule has 0 N–H and O–H groups in total. The van der Waals surface area contributed by atoms with Crippen LogP contribution in [0.25, 0.3) is 0 Å². The van der Waals surface area contributed by atoms with E-state index in [0.29, 0.717) is 12.7 Å². The van der Waals surface area contributed by atoms with Gasteiger partial charge in [0.05, 0.1) is 6.26 Å². The molecule has 0 aliphatic rings. The highest BCUT2D eigenvalue weighted by atomic mass is 32.2. The summed E-state index contributed by atoms with van der Waals surface area (Å²) in [6.07, 6.45) is 0.937. The van der Waals surface area contributed by atoms with E-state index in [4.69, 9.17) is 0 Å². The molecule has 0 amide bonds. The molecule has 0 aliphatic carbocycles. The van der Waals surface area contributed by atoms with Crippen LogP contribution in [0.1, 0.15) is 13.3 Å². The molecular weight excluding hydrogens is 156 g/mol. The second kappa shape index (κ2) is 3.68. The highest BCUT2D eigenvalue weighted by molar-refractivity contribution is 7.86. The molecule has 0 saturated carbocycles. The first-order valence-electron chi connectivity index (χ1n) is 2.83. The quantitative estimate of drug-likeness (QED) is 0.433. The van der Waals surface area contributed by atoms with E-state index in [1.54, 1.807) is 6.92 Å². The van der Waals surface area contributed by atoms with Gasteiger partial charge in [-0.2, -0.15) is 8.42 Å². The largest absolute Gasteiger partial charge is 0.300 e. The molecule has 0 aromatic heterocycles. The van der Waals surface area contributed by atoms with Gasteiger partial charge in [-0.05, 0) is 6.42 Å². The SMILES string of the molecule is CCC(C=O)OS(C)(=O)=O. The van der Waals surface area contributed by atoms with E-state index in [9.17, 15) is 13.2 Å². The number of carbonyl (C=O) groups is 1. The van der Waals surface area contributed by atoms with E-state index >= 15 is 0 Å². The zero-order chi connectivity index (χ0) is 8.20. The van der Waals surface area contributed by atoms with Gasteiger partial charge in [-0.25, -0.2) is 0 Å². The summed E-state index contributed by atoms with van der Waals surface area (Å²) in [5, 5.41) is 0. The van der Waals surface area contributed by atoms with Crippen molar-refractivity contribution in [2.75, 3.05) is 6.26 Å². The molecule has 0 saturated heterocycles. The summed E-state index contributed by atoms with van der Waals surface area (Å²) in [6.45, 7) is 1.67. The summed E-state index contributed by atoms with van der Waals surface area (Å²) in [7, 11) is -3.48. The molecule has 1 unspecified atom stereocenters. The molecule has 1 atom stereocenters. The molecule has 0 rings (SSSR count). The van der Waals surface area contributed by atoms with Crippen molar-refractivity contribution in [1.82, 2.24) is 0 Å². The topological polar surface area (TPSA) is 60.4 Å². The van der Waals surface area contributed by atoms with Crippen LogP contribution in [0.3, 0.4) is 0 Å². The lowest BCUT2D eigenvalue weighted by atomic mass is 10.3. The lowest BCUT2D eigenvalue weighted by Gasteiger charge is -2.04. The fraction of sp³-hybridized carbons (Fsp3) is 0.800. The maximum absolute atomic E-state index is 10.4. The Labute approximate surface area is 60.3 Å². The molecule has 60 valence electrons. The molecule has 0 bridgehead atoms. The standard InChI is InChI=1S/C5H10O4S/c1-3-5(4-6)9-10(2,7)8/h4-5H,3H2,1-2H3. The second-order valence-electron chi connectivity index (χ2n) is 1.88. The van der Waals surface area contributed by atoms with Crippen molar-refractivity contribution in [2.24, 2.45) is 0 Å². The van der Waals surface area contributed by atoms with Crippen molar-refractivity contribution >= 4 is 16.4 Å². The van der Waals surface area contributed by atoms with Gasteiger partial charge in [0.1, 0.15) is 12.4 Å². The minimum Gasteiger partial charge on any atom is -0.300 e. The zero-order valence-electron chi connectivity index (χ0n) is 5.90. The molecule has 0 spiro atoms. The summed E-state index contributed by atoms with van der Waals surface area (Å²) in [5.41, 5.74) is 0. The average molecular weight is 166 g/mol. The van der Waals surface area contributed by atoms with Gasteiger partial charge in [-0.15, -0.1) is 0 Å². The normalized spacial score (nSPS) is 14.6. The highest BCUT2D eigenvalue weighted by Gasteiger charge is 2.11.